The van der Waals surface area contributed by atoms with Crippen LogP contribution in [0.25, 0.3) is 11.1 Å². The van der Waals surface area contributed by atoms with Crippen molar-refractivity contribution in [1.82, 2.24) is 9.47 Å². The number of amides is 1. The second-order valence-corrected chi connectivity index (χ2v) is 6.07. The van der Waals surface area contributed by atoms with Gasteiger partial charge in [-0.05, 0) is 37.1 Å². The van der Waals surface area contributed by atoms with Crippen LogP contribution in [0, 0.1) is 6.92 Å². The van der Waals surface area contributed by atoms with E-state index in [2.05, 4.69) is 0 Å². The molecule has 0 spiro atoms. The molecule has 0 atom stereocenters. The SMILES string of the molecule is CCN(Cc1ccccc1C)C(=O)CCn1c(=O)oc2ccccc21. The summed E-state index contributed by atoms with van der Waals surface area (Å²) >= 11 is 0. The van der Waals surface area contributed by atoms with E-state index >= 15 is 0 Å². The van der Waals surface area contributed by atoms with Crippen LogP contribution < -0.4 is 5.76 Å². The first-order valence-corrected chi connectivity index (χ1v) is 8.50. The number of hydrogen-bond donors (Lipinski definition) is 0. The fraction of sp³-hybridized carbons (Fsp3) is 0.300. The van der Waals surface area contributed by atoms with E-state index in [0.29, 0.717) is 25.2 Å². The molecule has 0 unspecified atom stereocenters. The molecule has 0 aliphatic heterocycles. The third kappa shape index (κ3) is 3.65. The zero-order chi connectivity index (χ0) is 17.8. The Bertz CT molecular complexity index is 939. The first-order valence-electron chi connectivity index (χ1n) is 8.50. The highest BCUT2D eigenvalue weighted by Gasteiger charge is 2.15. The molecule has 3 aromatic rings. The number of oxazole rings is 1. The molecule has 0 aliphatic rings. The predicted octanol–water partition coefficient (Wildman–Crippen LogP) is 3.34. The van der Waals surface area contributed by atoms with Crippen LogP contribution in [0.2, 0.25) is 0 Å². The Balaban J connectivity index is 1.71. The fourth-order valence-electron chi connectivity index (χ4n) is 2.96. The van der Waals surface area contributed by atoms with Crippen molar-refractivity contribution in [3.63, 3.8) is 0 Å². The van der Waals surface area contributed by atoms with Gasteiger partial charge in [-0.25, -0.2) is 4.79 Å². The number of rotatable bonds is 6. The fourth-order valence-corrected chi connectivity index (χ4v) is 2.96. The first kappa shape index (κ1) is 17.0. The standard InChI is InChI=1S/C20H22N2O3/c1-3-21(14-16-9-5-4-8-15(16)2)19(23)12-13-22-17-10-6-7-11-18(17)25-20(22)24/h4-11H,3,12-14H2,1-2H3. The zero-order valence-corrected chi connectivity index (χ0v) is 14.6. The van der Waals surface area contributed by atoms with Gasteiger partial charge in [0.2, 0.25) is 5.91 Å². The van der Waals surface area contributed by atoms with Gasteiger partial charge in [0.25, 0.3) is 0 Å². The van der Waals surface area contributed by atoms with Crippen molar-refractivity contribution in [2.24, 2.45) is 0 Å². The van der Waals surface area contributed by atoms with E-state index in [0.717, 1.165) is 11.1 Å². The van der Waals surface area contributed by atoms with Crippen LogP contribution >= 0.6 is 0 Å². The van der Waals surface area contributed by atoms with Crippen LogP contribution in [0.3, 0.4) is 0 Å². The molecule has 2 aromatic carbocycles. The molecule has 0 bridgehead atoms. The summed E-state index contributed by atoms with van der Waals surface area (Å²) in [5.41, 5.74) is 3.59. The van der Waals surface area contributed by atoms with E-state index in [1.807, 2.05) is 61.2 Å². The molecule has 25 heavy (non-hydrogen) atoms. The molecule has 130 valence electrons. The van der Waals surface area contributed by atoms with Gasteiger partial charge in [-0.2, -0.15) is 0 Å². The van der Waals surface area contributed by atoms with Gasteiger partial charge in [-0.3, -0.25) is 9.36 Å². The van der Waals surface area contributed by atoms with Crippen LogP contribution in [0.1, 0.15) is 24.5 Å². The van der Waals surface area contributed by atoms with E-state index in [1.165, 1.54) is 10.1 Å². The van der Waals surface area contributed by atoms with Crippen molar-refractivity contribution in [2.45, 2.75) is 33.4 Å². The highest BCUT2D eigenvalue weighted by atomic mass is 16.4. The number of carbonyl (C=O) groups excluding carboxylic acids is 1. The molecule has 0 saturated carbocycles. The Morgan fingerprint density at radius 3 is 2.60 bits per heavy atom. The van der Waals surface area contributed by atoms with Crippen LogP contribution in [-0.4, -0.2) is 21.9 Å². The summed E-state index contributed by atoms with van der Waals surface area (Å²) in [7, 11) is 0. The molecule has 0 N–H and O–H groups in total. The second kappa shape index (κ2) is 7.38. The number of aryl methyl sites for hydroxylation is 2. The predicted molar refractivity (Wildman–Crippen MR) is 97.4 cm³/mol. The monoisotopic (exact) mass is 338 g/mol. The Morgan fingerprint density at radius 1 is 1.12 bits per heavy atom. The van der Waals surface area contributed by atoms with Gasteiger partial charge in [-0.1, -0.05) is 36.4 Å². The summed E-state index contributed by atoms with van der Waals surface area (Å²) in [5, 5.41) is 0. The lowest BCUT2D eigenvalue weighted by Gasteiger charge is -2.22. The van der Waals surface area contributed by atoms with Crippen molar-refractivity contribution in [2.75, 3.05) is 6.54 Å². The molecular formula is C20H22N2O3. The summed E-state index contributed by atoms with van der Waals surface area (Å²) in [6.07, 6.45) is 0.267. The second-order valence-electron chi connectivity index (χ2n) is 6.07. The van der Waals surface area contributed by atoms with E-state index in [1.54, 1.807) is 6.07 Å². The summed E-state index contributed by atoms with van der Waals surface area (Å²) in [6.45, 7) is 5.55. The Kier molecular flexibility index (Phi) is 5.03. The minimum absolute atomic E-state index is 0.0305. The number of carbonyl (C=O) groups is 1. The van der Waals surface area contributed by atoms with Crippen LogP contribution in [-0.2, 0) is 17.9 Å². The third-order valence-corrected chi connectivity index (χ3v) is 4.48. The number of aromatic nitrogens is 1. The van der Waals surface area contributed by atoms with Crippen molar-refractivity contribution >= 4 is 17.0 Å². The molecule has 0 fully saturated rings. The van der Waals surface area contributed by atoms with Gasteiger partial charge < -0.3 is 9.32 Å². The quantitative estimate of drug-likeness (QED) is 0.693. The van der Waals surface area contributed by atoms with Crippen LogP contribution in [0.15, 0.2) is 57.7 Å². The van der Waals surface area contributed by atoms with Gasteiger partial charge in [0, 0.05) is 26.1 Å². The summed E-state index contributed by atoms with van der Waals surface area (Å²) in [5.74, 6) is -0.390. The van der Waals surface area contributed by atoms with E-state index in [4.69, 9.17) is 4.42 Å². The third-order valence-electron chi connectivity index (χ3n) is 4.48. The molecule has 3 rings (SSSR count). The maximum absolute atomic E-state index is 12.6. The normalized spacial score (nSPS) is 11.0. The van der Waals surface area contributed by atoms with Gasteiger partial charge >= 0.3 is 5.76 Å². The highest BCUT2D eigenvalue weighted by Crippen LogP contribution is 2.14. The Labute approximate surface area is 146 Å². The molecule has 5 nitrogen and oxygen atoms in total. The minimum Gasteiger partial charge on any atom is -0.408 e. The molecule has 0 radical (unpaired) electrons. The number of para-hydroxylation sites is 2. The molecular weight excluding hydrogens is 316 g/mol. The van der Waals surface area contributed by atoms with Crippen molar-refractivity contribution in [3.8, 4) is 0 Å². The first-order chi connectivity index (χ1) is 12.1. The number of benzene rings is 2. The Hall–Kier alpha value is -2.82. The van der Waals surface area contributed by atoms with Crippen LogP contribution in [0.5, 0.6) is 0 Å². The van der Waals surface area contributed by atoms with Gasteiger partial charge in [0.1, 0.15) is 0 Å². The van der Waals surface area contributed by atoms with Gasteiger partial charge in [-0.15, -0.1) is 0 Å². The van der Waals surface area contributed by atoms with Crippen molar-refractivity contribution in [1.29, 1.82) is 0 Å². The largest absolute Gasteiger partial charge is 0.419 e. The number of fused-ring (bicyclic) bond motifs is 1. The molecule has 5 heteroatoms. The molecule has 1 aromatic heterocycles. The van der Waals surface area contributed by atoms with E-state index < -0.39 is 5.76 Å². The lowest BCUT2D eigenvalue weighted by Crippen LogP contribution is -2.32. The number of nitrogens with zero attached hydrogens (tertiary/aromatic N) is 2. The molecule has 0 saturated heterocycles. The van der Waals surface area contributed by atoms with Gasteiger partial charge in [0.05, 0.1) is 5.52 Å². The van der Waals surface area contributed by atoms with E-state index in [-0.39, 0.29) is 12.3 Å². The Morgan fingerprint density at radius 2 is 1.84 bits per heavy atom. The average molecular weight is 338 g/mol. The highest BCUT2D eigenvalue weighted by molar-refractivity contribution is 5.77. The van der Waals surface area contributed by atoms with Crippen LogP contribution in [0.4, 0.5) is 0 Å². The molecule has 1 amide bonds. The van der Waals surface area contributed by atoms with Crippen molar-refractivity contribution in [3.05, 3.63) is 70.2 Å². The summed E-state index contributed by atoms with van der Waals surface area (Å²) in [6, 6.07) is 15.3. The zero-order valence-electron chi connectivity index (χ0n) is 14.6. The van der Waals surface area contributed by atoms with E-state index in [9.17, 15) is 9.59 Å². The molecule has 1 heterocycles. The lowest BCUT2D eigenvalue weighted by atomic mass is 10.1. The summed E-state index contributed by atoms with van der Waals surface area (Å²) in [4.78, 5) is 26.4. The smallest absolute Gasteiger partial charge is 0.408 e. The number of hydrogen-bond acceptors (Lipinski definition) is 3. The topological polar surface area (TPSA) is 55.5 Å². The average Bonchev–Trinajstić information content (AvgIpc) is 2.94. The molecule has 0 aliphatic carbocycles. The summed E-state index contributed by atoms with van der Waals surface area (Å²) < 4.78 is 6.73. The maximum Gasteiger partial charge on any atom is 0.419 e. The lowest BCUT2D eigenvalue weighted by molar-refractivity contribution is -0.131. The minimum atomic E-state index is -0.420. The van der Waals surface area contributed by atoms with Gasteiger partial charge in [0.15, 0.2) is 5.58 Å². The van der Waals surface area contributed by atoms with Crippen molar-refractivity contribution < 1.29 is 9.21 Å². The maximum atomic E-state index is 12.6.